The molecule has 0 aromatic rings. The second kappa shape index (κ2) is 9.01. The van der Waals surface area contributed by atoms with Crippen molar-refractivity contribution >= 4 is 20.8 Å². The van der Waals surface area contributed by atoms with E-state index in [0.717, 1.165) is 0 Å². The predicted molar refractivity (Wildman–Crippen MR) is 14.9 cm³/mol. The molecular weight excluding hydrogens is 77.1 g/mol. The van der Waals surface area contributed by atoms with Crippen LogP contribution in [0.3, 0.4) is 0 Å². The molecular formula is LiNSi2. The summed E-state index contributed by atoms with van der Waals surface area (Å²) >= 11 is 0. The van der Waals surface area contributed by atoms with Gasteiger partial charge in [0.2, 0.25) is 0 Å². The molecule has 0 rings (SSSR count). The molecule has 0 aliphatic carbocycles. The van der Waals surface area contributed by atoms with E-state index in [9.17, 15) is 0 Å². The normalized spacial score (nSPS) is 4.50. The minimum absolute atomic E-state index is 0. The molecule has 0 saturated heterocycles. The summed E-state index contributed by atoms with van der Waals surface area (Å²) < 4.78 is 3.11. The van der Waals surface area contributed by atoms with Gasteiger partial charge in [0.15, 0.2) is 0 Å². The molecule has 0 amide bonds. The molecule has 0 aliphatic rings. The summed E-state index contributed by atoms with van der Waals surface area (Å²) in [6.45, 7) is 0. The zero-order valence-electron chi connectivity index (χ0n) is 2.45. The Hall–Kier alpha value is 0.991. The van der Waals surface area contributed by atoms with Crippen molar-refractivity contribution in [3.8, 4) is 0 Å². The predicted octanol–water partition coefficient (Wildman–Crippen LogP) is -3.47. The number of nitrogens with zero attached hydrogens (tertiary/aromatic N) is 1. The molecule has 0 aromatic heterocycles. The van der Waals surface area contributed by atoms with Gasteiger partial charge in [-0.15, -0.1) is 0 Å². The fourth-order valence-corrected chi connectivity index (χ4v) is 0. The molecule has 0 bridgehead atoms. The molecule has 0 unspecified atom stereocenters. The Morgan fingerprint density at radius 2 is 1.25 bits per heavy atom. The van der Waals surface area contributed by atoms with Crippen LogP contribution in [0, 0.1) is 0 Å². The van der Waals surface area contributed by atoms with E-state index in [2.05, 4.69) is 25.5 Å². The molecule has 14 valence electrons. The van der Waals surface area contributed by atoms with Gasteiger partial charge in [0.1, 0.15) is 0 Å². The van der Waals surface area contributed by atoms with Crippen LogP contribution in [0.5, 0.6) is 0 Å². The van der Waals surface area contributed by atoms with Gasteiger partial charge in [0.25, 0.3) is 0 Å². The third-order valence-corrected chi connectivity index (χ3v) is 0. The second-order valence-corrected chi connectivity index (χ2v) is 1.01. The van der Waals surface area contributed by atoms with E-state index in [0.29, 0.717) is 0 Å². The second-order valence-electron chi connectivity index (χ2n) is 0.112. The van der Waals surface area contributed by atoms with Crippen LogP contribution < -0.4 is 18.9 Å². The van der Waals surface area contributed by atoms with Crippen molar-refractivity contribution in [2.24, 2.45) is 0 Å². The largest absolute Gasteiger partial charge is 1.00 e. The van der Waals surface area contributed by atoms with E-state index in [1.165, 1.54) is 0 Å². The van der Waals surface area contributed by atoms with Gasteiger partial charge < -0.3 is 4.65 Å². The smallest absolute Gasteiger partial charge is 0.686 e. The Kier molecular flexibility index (Phi) is 20.0. The Morgan fingerprint density at radius 3 is 1.25 bits per heavy atom. The van der Waals surface area contributed by atoms with Gasteiger partial charge >= 0.3 is 18.9 Å². The van der Waals surface area contributed by atoms with E-state index in [-0.39, 0.29) is 18.9 Å². The number of rotatable bonds is 0. The summed E-state index contributed by atoms with van der Waals surface area (Å²) in [5.41, 5.74) is 0. The maximum absolute atomic E-state index is 3.11. The standard InChI is InChI=1S/Li.NSi2/c;2-1-3/q+1;-1. The maximum atomic E-state index is 3.11. The van der Waals surface area contributed by atoms with Crippen LogP contribution in [0.15, 0.2) is 0 Å². The van der Waals surface area contributed by atoms with E-state index in [1.54, 1.807) is 0 Å². The molecule has 4 heteroatoms. The zero-order valence-corrected chi connectivity index (χ0v) is 4.45. The summed E-state index contributed by atoms with van der Waals surface area (Å²) in [5, 5.41) is 0. The molecule has 1 nitrogen and oxygen atoms in total. The van der Waals surface area contributed by atoms with Crippen LogP contribution in [-0.4, -0.2) is 20.8 Å². The van der Waals surface area contributed by atoms with Crippen LogP contribution in [0.25, 0.3) is 4.65 Å². The number of hydrogen-bond donors (Lipinski definition) is 0. The molecule has 0 aliphatic heterocycles. The molecule has 0 aromatic carbocycles. The molecule has 0 N–H and O–H groups in total. The zero-order chi connectivity index (χ0) is 2.71. The minimum Gasteiger partial charge on any atom is -0.686 e. The Morgan fingerprint density at radius 1 is 1.25 bits per heavy atom. The molecule has 0 spiro atoms. The molecule has 0 heterocycles. The third-order valence-electron chi connectivity index (χ3n) is 0. The molecule has 6 radical (unpaired) electrons. The van der Waals surface area contributed by atoms with Crippen molar-refractivity contribution in [3.63, 3.8) is 0 Å². The van der Waals surface area contributed by atoms with Crippen LogP contribution in [0.2, 0.25) is 0 Å². The maximum Gasteiger partial charge on any atom is 1.00 e. The van der Waals surface area contributed by atoms with Gasteiger partial charge in [0.05, 0.1) is 0 Å². The van der Waals surface area contributed by atoms with Gasteiger partial charge in [-0.2, -0.15) is 20.8 Å². The first-order chi connectivity index (χ1) is 1.41. The first kappa shape index (κ1) is 8.89. The van der Waals surface area contributed by atoms with Crippen molar-refractivity contribution < 1.29 is 18.9 Å². The average molecular weight is 77.1 g/mol. The van der Waals surface area contributed by atoms with E-state index >= 15 is 0 Å². The van der Waals surface area contributed by atoms with Crippen LogP contribution in [0.4, 0.5) is 0 Å². The van der Waals surface area contributed by atoms with Crippen molar-refractivity contribution in [1.29, 1.82) is 0 Å². The van der Waals surface area contributed by atoms with Crippen LogP contribution in [0.1, 0.15) is 0 Å². The summed E-state index contributed by atoms with van der Waals surface area (Å²) in [6.07, 6.45) is 0. The summed E-state index contributed by atoms with van der Waals surface area (Å²) in [5.74, 6) is 0. The monoisotopic (exact) mass is 77.0 g/mol. The van der Waals surface area contributed by atoms with Crippen LogP contribution in [-0.2, 0) is 0 Å². The average Bonchev–Trinajstić information content (AvgIpc) is 0.918. The Labute approximate surface area is 44.7 Å². The summed E-state index contributed by atoms with van der Waals surface area (Å²) in [6, 6.07) is 0. The van der Waals surface area contributed by atoms with E-state index in [1.807, 2.05) is 0 Å². The quantitative estimate of drug-likeness (QED) is 0.267. The minimum atomic E-state index is 0. The van der Waals surface area contributed by atoms with E-state index < -0.39 is 0 Å². The molecule has 0 saturated carbocycles. The van der Waals surface area contributed by atoms with Crippen molar-refractivity contribution in [1.82, 2.24) is 0 Å². The molecule has 0 atom stereocenters. The van der Waals surface area contributed by atoms with Gasteiger partial charge in [-0.3, -0.25) is 0 Å². The topological polar surface area (TPSA) is 14.1 Å². The van der Waals surface area contributed by atoms with Crippen molar-refractivity contribution in [2.75, 3.05) is 0 Å². The van der Waals surface area contributed by atoms with Gasteiger partial charge in [-0.05, 0) is 0 Å². The number of hydrogen-bond acceptors (Lipinski definition) is 0. The third kappa shape index (κ3) is 12.1. The van der Waals surface area contributed by atoms with Gasteiger partial charge in [0, 0.05) is 0 Å². The van der Waals surface area contributed by atoms with E-state index in [4.69, 9.17) is 0 Å². The molecule has 4 heavy (non-hydrogen) atoms. The summed E-state index contributed by atoms with van der Waals surface area (Å²) in [7, 11) is 5.44. The van der Waals surface area contributed by atoms with Gasteiger partial charge in [-0.1, -0.05) is 0 Å². The van der Waals surface area contributed by atoms with Gasteiger partial charge in [-0.25, -0.2) is 0 Å². The summed E-state index contributed by atoms with van der Waals surface area (Å²) in [4.78, 5) is 0. The fourth-order valence-electron chi connectivity index (χ4n) is 0. The fraction of sp³-hybridized carbons (Fsp3) is 0. The van der Waals surface area contributed by atoms with Crippen molar-refractivity contribution in [2.45, 2.75) is 0 Å². The SMILES string of the molecule is [Li+].[Si][N-][Si]. The first-order valence-electron chi connectivity index (χ1n) is 0.447. The molecule has 0 fully saturated rings. The Balaban J connectivity index is 0. The first-order valence-corrected chi connectivity index (χ1v) is 1.34. The van der Waals surface area contributed by atoms with Crippen LogP contribution >= 0.6 is 0 Å². The Bertz CT molecular complexity index is 6.00. The van der Waals surface area contributed by atoms with Crippen molar-refractivity contribution in [3.05, 3.63) is 4.65 Å².